The van der Waals surface area contributed by atoms with E-state index < -0.39 is 0 Å². The first-order valence-corrected chi connectivity index (χ1v) is 9.04. The lowest BCUT2D eigenvalue weighted by atomic mass is 10.2. The van der Waals surface area contributed by atoms with Crippen LogP contribution in [0.3, 0.4) is 0 Å². The number of amides is 1. The molecule has 1 fully saturated rings. The fourth-order valence-electron chi connectivity index (χ4n) is 3.52. The van der Waals surface area contributed by atoms with Gasteiger partial charge in [-0.15, -0.1) is 0 Å². The van der Waals surface area contributed by atoms with Crippen LogP contribution < -0.4 is 5.73 Å². The van der Waals surface area contributed by atoms with Crippen LogP contribution in [-0.2, 0) is 16.1 Å². The van der Waals surface area contributed by atoms with Crippen LogP contribution in [0.1, 0.15) is 12.5 Å². The maximum Gasteiger partial charge on any atom is 0.246 e. The first-order chi connectivity index (χ1) is 13.6. The van der Waals surface area contributed by atoms with Crippen LogP contribution in [-0.4, -0.2) is 67.1 Å². The summed E-state index contributed by atoms with van der Waals surface area (Å²) in [4.78, 5) is 22.3. The summed E-state index contributed by atoms with van der Waals surface area (Å²) in [5.74, 6) is 0.292. The van der Waals surface area contributed by atoms with Gasteiger partial charge < -0.3 is 15.4 Å². The third kappa shape index (κ3) is 3.11. The van der Waals surface area contributed by atoms with Crippen molar-refractivity contribution in [3.63, 3.8) is 0 Å². The normalized spacial score (nSPS) is 16.8. The number of hydrogen-bond donors (Lipinski definition) is 1. The number of nitrogens with two attached hydrogens (primary N) is 1. The van der Waals surface area contributed by atoms with Gasteiger partial charge in [-0.1, -0.05) is 6.58 Å². The van der Waals surface area contributed by atoms with Crippen molar-refractivity contribution < 1.29 is 9.53 Å². The average molecular weight is 382 g/mol. The van der Waals surface area contributed by atoms with E-state index in [1.807, 2.05) is 10.9 Å². The fraction of sp³-hybridized carbons (Fsp3) is 0.389. The number of aromatic nitrogens is 6. The van der Waals surface area contributed by atoms with E-state index in [0.717, 1.165) is 12.0 Å². The molecular weight excluding hydrogens is 360 g/mol. The van der Waals surface area contributed by atoms with E-state index in [0.29, 0.717) is 48.8 Å². The van der Waals surface area contributed by atoms with Crippen molar-refractivity contribution in [3.8, 4) is 11.3 Å². The molecule has 1 atom stereocenters. The Morgan fingerprint density at radius 2 is 2.32 bits per heavy atom. The molecule has 2 N–H and O–H groups in total. The number of carbonyl (C=O) groups excluding carboxylic acids is 1. The second-order valence-electron chi connectivity index (χ2n) is 6.67. The minimum atomic E-state index is -0.0762. The number of rotatable bonds is 6. The summed E-state index contributed by atoms with van der Waals surface area (Å²) in [7, 11) is 1.65. The van der Waals surface area contributed by atoms with E-state index in [-0.39, 0.29) is 11.9 Å². The van der Waals surface area contributed by atoms with Crippen LogP contribution in [0.2, 0.25) is 0 Å². The molecule has 4 heterocycles. The molecule has 3 aromatic rings. The smallest absolute Gasteiger partial charge is 0.246 e. The molecule has 10 heteroatoms. The van der Waals surface area contributed by atoms with E-state index in [2.05, 4.69) is 21.6 Å². The highest BCUT2D eigenvalue weighted by Gasteiger charge is 2.30. The molecule has 0 aliphatic carbocycles. The van der Waals surface area contributed by atoms with E-state index in [9.17, 15) is 4.79 Å². The number of fused-ring (bicyclic) bond motifs is 1. The van der Waals surface area contributed by atoms with Gasteiger partial charge in [0.05, 0.1) is 30.8 Å². The standard InChI is InChI=1S/C18H22N8O2/c1-3-14(27)24-5-4-13(10-24)26-18-15(17(19)20-11-21-18)16(23-26)12-8-22-25(9-12)6-7-28-2/h3,8-9,11,13H,1,4-7,10H2,2H3,(H2,19,20,21). The second-order valence-corrected chi connectivity index (χ2v) is 6.67. The van der Waals surface area contributed by atoms with Gasteiger partial charge in [-0.2, -0.15) is 10.2 Å². The Morgan fingerprint density at radius 1 is 1.46 bits per heavy atom. The molecule has 1 saturated heterocycles. The minimum Gasteiger partial charge on any atom is -0.383 e. The highest BCUT2D eigenvalue weighted by atomic mass is 16.5. The van der Waals surface area contributed by atoms with Gasteiger partial charge in [0.25, 0.3) is 0 Å². The first kappa shape index (κ1) is 18.1. The molecule has 1 aliphatic rings. The Labute approximate surface area is 161 Å². The van der Waals surface area contributed by atoms with Gasteiger partial charge in [-0.05, 0) is 12.5 Å². The minimum absolute atomic E-state index is 0.0120. The topological polar surface area (TPSA) is 117 Å². The molecular formula is C18H22N8O2. The fourth-order valence-corrected chi connectivity index (χ4v) is 3.52. The SMILES string of the molecule is C=CC(=O)N1CCC(n2nc(-c3cnn(CCOC)c3)c3c(N)ncnc32)C1. The van der Waals surface area contributed by atoms with Gasteiger partial charge in [0.2, 0.25) is 5.91 Å². The van der Waals surface area contributed by atoms with Crippen LogP contribution in [0.15, 0.2) is 31.4 Å². The summed E-state index contributed by atoms with van der Waals surface area (Å²) in [5, 5.41) is 9.86. The molecule has 146 valence electrons. The number of likely N-dealkylation sites (tertiary alicyclic amines) is 1. The highest BCUT2D eigenvalue weighted by molar-refractivity contribution is 5.98. The Kier molecular flexibility index (Phi) is 4.78. The molecule has 0 saturated carbocycles. The molecule has 10 nitrogen and oxygen atoms in total. The number of nitrogen functional groups attached to an aromatic ring is 1. The number of hydrogen-bond acceptors (Lipinski definition) is 7. The van der Waals surface area contributed by atoms with Crippen LogP contribution in [0, 0.1) is 0 Å². The maximum absolute atomic E-state index is 11.9. The lowest BCUT2D eigenvalue weighted by Gasteiger charge is -2.14. The third-order valence-electron chi connectivity index (χ3n) is 4.94. The van der Waals surface area contributed by atoms with E-state index in [1.165, 1.54) is 12.4 Å². The van der Waals surface area contributed by atoms with E-state index in [4.69, 9.17) is 15.6 Å². The predicted octanol–water partition coefficient (Wildman–Crippen LogP) is 0.878. The zero-order valence-electron chi connectivity index (χ0n) is 15.7. The zero-order valence-corrected chi connectivity index (χ0v) is 15.7. The van der Waals surface area contributed by atoms with E-state index in [1.54, 1.807) is 22.9 Å². The van der Waals surface area contributed by atoms with Gasteiger partial charge in [0.15, 0.2) is 5.65 Å². The summed E-state index contributed by atoms with van der Waals surface area (Å²) in [6.45, 7) is 5.98. The van der Waals surface area contributed by atoms with Crippen molar-refractivity contribution in [2.24, 2.45) is 0 Å². The number of ether oxygens (including phenoxy) is 1. The lowest BCUT2D eigenvalue weighted by Crippen LogP contribution is -2.27. The molecule has 1 unspecified atom stereocenters. The van der Waals surface area contributed by atoms with E-state index >= 15 is 0 Å². The number of nitrogens with zero attached hydrogens (tertiary/aromatic N) is 7. The monoisotopic (exact) mass is 382 g/mol. The summed E-state index contributed by atoms with van der Waals surface area (Å²) < 4.78 is 8.75. The van der Waals surface area contributed by atoms with Gasteiger partial charge in [-0.25, -0.2) is 14.6 Å². The summed E-state index contributed by atoms with van der Waals surface area (Å²) in [6, 6.07) is 0.0120. The molecule has 0 bridgehead atoms. The van der Waals surface area contributed by atoms with Crippen molar-refractivity contribution in [1.29, 1.82) is 0 Å². The second kappa shape index (κ2) is 7.39. The molecule has 1 amide bonds. The van der Waals surface area contributed by atoms with Crippen molar-refractivity contribution in [1.82, 2.24) is 34.4 Å². The average Bonchev–Trinajstić information content (AvgIpc) is 3.43. The van der Waals surface area contributed by atoms with Crippen LogP contribution in [0.4, 0.5) is 5.82 Å². The summed E-state index contributed by atoms with van der Waals surface area (Å²) >= 11 is 0. The number of carbonyl (C=O) groups is 1. The van der Waals surface area contributed by atoms with Crippen LogP contribution in [0.25, 0.3) is 22.3 Å². The Morgan fingerprint density at radius 3 is 3.11 bits per heavy atom. The van der Waals surface area contributed by atoms with Gasteiger partial charge >= 0.3 is 0 Å². The van der Waals surface area contributed by atoms with Crippen molar-refractivity contribution in [2.75, 3.05) is 32.5 Å². The van der Waals surface area contributed by atoms with Gasteiger partial charge in [0.1, 0.15) is 17.8 Å². The summed E-state index contributed by atoms with van der Waals surface area (Å²) in [6.07, 6.45) is 7.20. The van der Waals surface area contributed by atoms with Crippen molar-refractivity contribution in [3.05, 3.63) is 31.4 Å². The zero-order chi connectivity index (χ0) is 19.7. The van der Waals surface area contributed by atoms with Crippen molar-refractivity contribution >= 4 is 22.8 Å². The first-order valence-electron chi connectivity index (χ1n) is 9.04. The molecule has 0 aromatic carbocycles. The number of anilines is 1. The van der Waals surface area contributed by atoms with Crippen LogP contribution in [0.5, 0.6) is 0 Å². The quantitative estimate of drug-likeness (QED) is 0.629. The molecule has 3 aromatic heterocycles. The van der Waals surface area contributed by atoms with Crippen LogP contribution >= 0.6 is 0 Å². The largest absolute Gasteiger partial charge is 0.383 e. The third-order valence-corrected chi connectivity index (χ3v) is 4.94. The molecule has 0 radical (unpaired) electrons. The highest BCUT2D eigenvalue weighted by Crippen LogP contribution is 2.33. The number of methoxy groups -OCH3 is 1. The molecule has 28 heavy (non-hydrogen) atoms. The molecule has 4 rings (SSSR count). The Balaban J connectivity index is 1.74. The van der Waals surface area contributed by atoms with Gasteiger partial charge in [-0.3, -0.25) is 9.48 Å². The molecule has 0 spiro atoms. The maximum atomic E-state index is 11.9. The Bertz CT molecular complexity index is 1020. The van der Waals surface area contributed by atoms with Gasteiger partial charge in [0, 0.05) is 32.0 Å². The molecule has 1 aliphatic heterocycles. The van der Waals surface area contributed by atoms with Crippen molar-refractivity contribution in [2.45, 2.75) is 19.0 Å². The predicted molar refractivity (Wildman–Crippen MR) is 103 cm³/mol. The lowest BCUT2D eigenvalue weighted by molar-refractivity contribution is -0.125. The Hall–Kier alpha value is -3.27. The summed E-state index contributed by atoms with van der Waals surface area (Å²) in [5.41, 5.74) is 8.34.